The van der Waals surface area contributed by atoms with Crippen LogP contribution in [0, 0.1) is 6.92 Å². The number of methoxy groups -OCH3 is 1. The van der Waals surface area contributed by atoms with Crippen molar-refractivity contribution in [1.82, 2.24) is 0 Å². The second-order valence-corrected chi connectivity index (χ2v) is 5.50. The van der Waals surface area contributed by atoms with E-state index in [-0.39, 0.29) is 5.97 Å². The number of benzene rings is 2. The molecule has 0 aliphatic rings. The van der Waals surface area contributed by atoms with Gasteiger partial charge in [-0.1, -0.05) is 41.9 Å². The van der Waals surface area contributed by atoms with Crippen molar-refractivity contribution in [3.8, 4) is 0 Å². The number of halogens is 1. The van der Waals surface area contributed by atoms with Crippen LogP contribution in [0.1, 0.15) is 18.1 Å². The molecule has 2 aromatic carbocycles. The van der Waals surface area contributed by atoms with Gasteiger partial charge in [0.05, 0.1) is 7.11 Å². The highest BCUT2D eigenvalue weighted by Gasteiger charge is 2.36. The van der Waals surface area contributed by atoms with Gasteiger partial charge >= 0.3 is 5.97 Å². The maximum Gasteiger partial charge on any atom is 0.335 e. The molecule has 1 atom stereocenters. The Balaban J connectivity index is 2.45. The molecular weight excluding hydrogens is 286 g/mol. The summed E-state index contributed by atoms with van der Waals surface area (Å²) in [5.74, 6) is -0.354. The van der Waals surface area contributed by atoms with E-state index < -0.39 is 5.54 Å². The van der Waals surface area contributed by atoms with Gasteiger partial charge in [-0.2, -0.15) is 0 Å². The molecule has 0 saturated heterocycles. The Bertz CT molecular complexity index is 639. The lowest BCUT2D eigenvalue weighted by Gasteiger charge is -2.30. The minimum absolute atomic E-state index is 0.354. The zero-order valence-electron chi connectivity index (χ0n) is 12.3. The van der Waals surface area contributed by atoms with Crippen molar-refractivity contribution < 1.29 is 9.53 Å². The first-order valence-corrected chi connectivity index (χ1v) is 7.03. The maximum atomic E-state index is 12.3. The molecule has 110 valence electrons. The predicted molar refractivity (Wildman–Crippen MR) is 85.6 cm³/mol. The lowest BCUT2D eigenvalue weighted by molar-refractivity contribution is -0.145. The summed E-state index contributed by atoms with van der Waals surface area (Å²) in [6.45, 7) is 3.79. The van der Waals surface area contributed by atoms with E-state index in [9.17, 15) is 4.79 Å². The second kappa shape index (κ2) is 6.19. The van der Waals surface area contributed by atoms with Gasteiger partial charge in [-0.15, -0.1) is 0 Å². The number of carbonyl (C=O) groups is 1. The number of aryl methyl sites for hydroxylation is 1. The summed E-state index contributed by atoms with van der Waals surface area (Å²) < 4.78 is 4.98. The molecule has 0 bridgehead atoms. The molecule has 4 heteroatoms. The summed E-state index contributed by atoms with van der Waals surface area (Å²) >= 11 is 5.92. The number of esters is 1. The van der Waals surface area contributed by atoms with Crippen LogP contribution in [-0.2, 0) is 15.1 Å². The molecule has 0 fully saturated rings. The molecule has 0 saturated carbocycles. The molecule has 2 rings (SSSR count). The third-order valence-corrected chi connectivity index (χ3v) is 3.80. The van der Waals surface area contributed by atoms with Crippen molar-refractivity contribution in [2.75, 3.05) is 12.4 Å². The number of hydrogen-bond acceptors (Lipinski definition) is 3. The fraction of sp³-hybridized carbons (Fsp3) is 0.235. The van der Waals surface area contributed by atoms with E-state index in [1.54, 1.807) is 19.1 Å². The minimum atomic E-state index is -0.981. The Morgan fingerprint density at radius 3 is 2.33 bits per heavy atom. The number of carbonyl (C=O) groups excluding carboxylic acids is 1. The van der Waals surface area contributed by atoms with Crippen LogP contribution in [0.2, 0.25) is 5.02 Å². The standard InChI is InChI=1S/C17H18ClNO2/c1-12-6-4-5-7-15(12)19-17(2,16(20)21-3)13-8-10-14(18)11-9-13/h4-11,19H,1-3H3. The quantitative estimate of drug-likeness (QED) is 0.862. The molecule has 3 nitrogen and oxygen atoms in total. The fourth-order valence-electron chi connectivity index (χ4n) is 2.21. The first-order chi connectivity index (χ1) is 9.97. The van der Waals surface area contributed by atoms with E-state index in [0.717, 1.165) is 16.8 Å². The topological polar surface area (TPSA) is 38.3 Å². The van der Waals surface area contributed by atoms with Crippen LogP contribution in [0.4, 0.5) is 5.69 Å². The molecule has 1 N–H and O–H groups in total. The molecule has 0 aliphatic carbocycles. The Hall–Kier alpha value is -2.00. The monoisotopic (exact) mass is 303 g/mol. The van der Waals surface area contributed by atoms with E-state index in [1.807, 2.05) is 43.3 Å². The van der Waals surface area contributed by atoms with Crippen LogP contribution in [0.25, 0.3) is 0 Å². The Labute approximate surface area is 129 Å². The lowest BCUT2D eigenvalue weighted by Crippen LogP contribution is -2.41. The number of nitrogens with one attached hydrogen (secondary N) is 1. The van der Waals surface area contributed by atoms with Crippen LogP contribution in [0.3, 0.4) is 0 Å². The van der Waals surface area contributed by atoms with Crippen molar-refractivity contribution in [1.29, 1.82) is 0 Å². The van der Waals surface area contributed by atoms with Crippen LogP contribution in [-0.4, -0.2) is 13.1 Å². The molecule has 0 aliphatic heterocycles. The van der Waals surface area contributed by atoms with Gasteiger partial charge in [0.25, 0.3) is 0 Å². The first-order valence-electron chi connectivity index (χ1n) is 6.65. The van der Waals surface area contributed by atoms with Crippen molar-refractivity contribution in [3.05, 3.63) is 64.7 Å². The number of para-hydroxylation sites is 1. The summed E-state index contributed by atoms with van der Waals surface area (Å²) in [5.41, 5.74) is 1.76. The highest BCUT2D eigenvalue weighted by molar-refractivity contribution is 6.30. The lowest BCUT2D eigenvalue weighted by atomic mass is 9.91. The summed E-state index contributed by atoms with van der Waals surface area (Å²) in [5, 5.41) is 3.92. The maximum absolute atomic E-state index is 12.3. The van der Waals surface area contributed by atoms with Gasteiger partial charge in [0, 0.05) is 10.7 Å². The van der Waals surface area contributed by atoms with Gasteiger partial charge < -0.3 is 10.1 Å². The van der Waals surface area contributed by atoms with Crippen LogP contribution < -0.4 is 5.32 Å². The van der Waals surface area contributed by atoms with E-state index in [2.05, 4.69) is 5.32 Å². The van der Waals surface area contributed by atoms with Crippen LogP contribution >= 0.6 is 11.6 Å². The zero-order valence-corrected chi connectivity index (χ0v) is 13.1. The minimum Gasteiger partial charge on any atom is -0.467 e. The smallest absolute Gasteiger partial charge is 0.335 e. The van der Waals surface area contributed by atoms with E-state index in [4.69, 9.17) is 16.3 Å². The normalized spacial score (nSPS) is 13.3. The highest BCUT2D eigenvalue weighted by atomic mass is 35.5. The largest absolute Gasteiger partial charge is 0.467 e. The third kappa shape index (κ3) is 3.19. The zero-order chi connectivity index (χ0) is 15.5. The summed E-state index contributed by atoms with van der Waals surface area (Å²) in [4.78, 5) is 12.3. The highest BCUT2D eigenvalue weighted by Crippen LogP contribution is 2.30. The molecule has 21 heavy (non-hydrogen) atoms. The second-order valence-electron chi connectivity index (χ2n) is 5.06. The number of hydrogen-bond donors (Lipinski definition) is 1. The molecular formula is C17H18ClNO2. The summed E-state index contributed by atoms with van der Waals surface area (Å²) in [7, 11) is 1.38. The van der Waals surface area contributed by atoms with E-state index >= 15 is 0 Å². The van der Waals surface area contributed by atoms with E-state index in [0.29, 0.717) is 5.02 Å². The third-order valence-electron chi connectivity index (χ3n) is 3.54. The first kappa shape index (κ1) is 15.4. The number of ether oxygens (including phenoxy) is 1. The fourth-order valence-corrected chi connectivity index (χ4v) is 2.34. The summed E-state index contributed by atoms with van der Waals surface area (Å²) in [6.07, 6.45) is 0. The molecule has 0 spiro atoms. The van der Waals surface area contributed by atoms with Gasteiger partial charge in [-0.3, -0.25) is 0 Å². The van der Waals surface area contributed by atoms with Gasteiger partial charge in [-0.05, 0) is 43.2 Å². The molecule has 0 amide bonds. The molecule has 2 aromatic rings. The Morgan fingerprint density at radius 1 is 1.14 bits per heavy atom. The van der Waals surface area contributed by atoms with Gasteiger partial charge in [0.1, 0.15) is 0 Å². The summed E-state index contributed by atoms with van der Waals surface area (Å²) in [6, 6.07) is 15.0. The Kier molecular flexibility index (Phi) is 4.53. The predicted octanol–water partition coefficient (Wildman–Crippen LogP) is 4.15. The average Bonchev–Trinajstić information content (AvgIpc) is 2.49. The molecule has 0 radical (unpaired) electrons. The van der Waals surface area contributed by atoms with Gasteiger partial charge in [-0.25, -0.2) is 4.79 Å². The SMILES string of the molecule is COC(=O)C(C)(Nc1ccccc1C)c1ccc(Cl)cc1. The number of rotatable bonds is 4. The van der Waals surface area contributed by atoms with Crippen molar-refractivity contribution >= 4 is 23.3 Å². The van der Waals surface area contributed by atoms with Crippen LogP contribution in [0.5, 0.6) is 0 Å². The van der Waals surface area contributed by atoms with Gasteiger partial charge in [0.15, 0.2) is 5.54 Å². The van der Waals surface area contributed by atoms with Crippen molar-refractivity contribution in [2.45, 2.75) is 19.4 Å². The van der Waals surface area contributed by atoms with Crippen molar-refractivity contribution in [3.63, 3.8) is 0 Å². The number of anilines is 1. The molecule has 0 heterocycles. The van der Waals surface area contributed by atoms with Crippen LogP contribution in [0.15, 0.2) is 48.5 Å². The van der Waals surface area contributed by atoms with Gasteiger partial charge in [0.2, 0.25) is 0 Å². The average molecular weight is 304 g/mol. The van der Waals surface area contributed by atoms with Crippen molar-refractivity contribution in [2.24, 2.45) is 0 Å². The molecule has 0 aromatic heterocycles. The van der Waals surface area contributed by atoms with E-state index in [1.165, 1.54) is 7.11 Å². The molecule has 1 unspecified atom stereocenters. The Morgan fingerprint density at radius 2 is 1.76 bits per heavy atom.